The lowest BCUT2D eigenvalue weighted by Gasteiger charge is -2.26. The van der Waals surface area contributed by atoms with E-state index in [2.05, 4.69) is 10.8 Å². The van der Waals surface area contributed by atoms with Crippen molar-refractivity contribution in [2.24, 2.45) is 5.92 Å². The van der Waals surface area contributed by atoms with Crippen LogP contribution in [0, 0.1) is 12.8 Å². The Balaban J connectivity index is 1.94. The van der Waals surface area contributed by atoms with Crippen LogP contribution in [0.4, 0.5) is 0 Å². The summed E-state index contributed by atoms with van der Waals surface area (Å²) in [5, 5.41) is 2.02. The Morgan fingerprint density at radius 3 is 2.50 bits per heavy atom. The van der Waals surface area contributed by atoms with E-state index in [4.69, 9.17) is 0 Å². The van der Waals surface area contributed by atoms with Gasteiger partial charge in [0, 0.05) is 17.1 Å². The van der Waals surface area contributed by atoms with Gasteiger partial charge in [-0.2, -0.15) is 0 Å². The second-order valence-corrected chi connectivity index (χ2v) is 11.4. The van der Waals surface area contributed by atoms with Crippen LogP contribution in [0.25, 0.3) is 16.0 Å². The zero-order valence-electron chi connectivity index (χ0n) is 16.7. The van der Waals surface area contributed by atoms with Gasteiger partial charge in [-0.3, -0.25) is 9.20 Å². The molecule has 2 heterocycles. The molecule has 0 saturated heterocycles. The molecule has 1 aliphatic rings. The van der Waals surface area contributed by atoms with E-state index in [9.17, 15) is 9.00 Å². The van der Waals surface area contributed by atoms with Gasteiger partial charge in [-0.15, -0.1) is 11.3 Å². The van der Waals surface area contributed by atoms with E-state index >= 15 is 0 Å². The van der Waals surface area contributed by atoms with Crippen LogP contribution in [0.1, 0.15) is 50.9 Å². The number of rotatable bonds is 5. The highest BCUT2D eigenvalue weighted by molar-refractivity contribution is 7.84. The number of aromatic nitrogens is 1. The Morgan fingerprint density at radius 2 is 1.89 bits per heavy atom. The monoisotopic (exact) mass is 414 g/mol. The number of thiazole rings is 1. The molecule has 2 atom stereocenters. The smallest absolute Gasteiger partial charge is 0.264 e. The minimum Gasteiger partial charge on any atom is -0.271 e. The maximum atomic E-state index is 13.5. The quantitative estimate of drug-likeness (QED) is 0.649. The molecule has 0 spiro atoms. The minimum atomic E-state index is -1.20. The van der Waals surface area contributed by atoms with Crippen molar-refractivity contribution in [3.63, 3.8) is 0 Å². The summed E-state index contributed by atoms with van der Waals surface area (Å²) < 4.78 is 17.7. The average Bonchev–Trinajstić information content (AvgIpc) is 3.42. The SMILES string of the molecule is Cc1csc2cc(C(NS(=O)C(C)(C)C)C3CC3)c(-c3ccccc3)c(=O)n12. The molecule has 0 bridgehead atoms. The van der Waals surface area contributed by atoms with Crippen molar-refractivity contribution in [1.29, 1.82) is 0 Å². The predicted molar refractivity (Wildman–Crippen MR) is 118 cm³/mol. The molecule has 1 fully saturated rings. The molecule has 0 radical (unpaired) electrons. The van der Waals surface area contributed by atoms with Crippen LogP contribution in [-0.2, 0) is 11.0 Å². The van der Waals surface area contributed by atoms with Crippen LogP contribution in [0.2, 0.25) is 0 Å². The summed E-state index contributed by atoms with van der Waals surface area (Å²) >= 11 is 1.58. The molecule has 0 aliphatic heterocycles. The van der Waals surface area contributed by atoms with Gasteiger partial charge in [0.2, 0.25) is 0 Å². The van der Waals surface area contributed by atoms with Crippen LogP contribution < -0.4 is 10.3 Å². The van der Waals surface area contributed by atoms with Crippen molar-refractivity contribution in [2.75, 3.05) is 0 Å². The highest BCUT2D eigenvalue weighted by atomic mass is 32.2. The van der Waals surface area contributed by atoms with Crippen molar-refractivity contribution in [1.82, 2.24) is 9.12 Å². The Morgan fingerprint density at radius 1 is 1.21 bits per heavy atom. The zero-order valence-corrected chi connectivity index (χ0v) is 18.3. The molecule has 4 nitrogen and oxygen atoms in total. The molecule has 3 aromatic rings. The highest BCUT2D eigenvalue weighted by Crippen LogP contribution is 2.44. The number of nitrogens with one attached hydrogen (secondary N) is 1. The van der Waals surface area contributed by atoms with Crippen LogP contribution in [0.3, 0.4) is 0 Å². The second-order valence-electron chi connectivity index (χ2n) is 8.51. The fourth-order valence-corrected chi connectivity index (χ4v) is 5.33. The van der Waals surface area contributed by atoms with Crippen LogP contribution in [0.15, 0.2) is 46.6 Å². The van der Waals surface area contributed by atoms with Gasteiger partial charge >= 0.3 is 0 Å². The fraction of sp³-hybridized carbons (Fsp3) is 0.409. The van der Waals surface area contributed by atoms with Gasteiger partial charge in [0.15, 0.2) is 0 Å². The number of hydrogen-bond donors (Lipinski definition) is 1. The summed E-state index contributed by atoms with van der Waals surface area (Å²) in [5.41, 5.74) is 3.55. The topological polar surface area (TPSA) is 50.6 Å². The molecule has 2 unspecified atom stereocenters. The summed E-state index contributed by atoms with van der Waals surface area (Å²) in [5.74, 6) is 0.414. The van der Waals surface area contributed by atoms with E-state index in [1.54, 1.807) is 15.7 Å². The molecule has 28 heavy (non-hydrogen) atoms. The number of hydrogen-bond acceptors (Lipinski definition) is 3. The van der Waals surface area contributed by atoms with E-state index < -0.39 is 11.0 Å². The summed E-state index contributed by atoms with van der Waals surface area (Å²) in [6, 6.07) is 11.9. The summed E-state index contributed by atoms with van der Waals surface area (Å²) in [6.07, 6.45) is 2.19. The molecular formula is C22H26N2O2S2. The number of fused-ring (bicyclic) bond motifs is 1. The first-order valence-electron chi connectivity index (χ1n) is 9.64. The van der Waals surface area contributed by atoms with Crippen molar-refractivity contribution in [3.8, 4) is 11.1 Å². The third-order valence-electron chi connectivity index (χ3n) is 5.19. The zero-order chi connectivity index (χ0) is 20.1. The van der Waals surface area contributed by atoms with Crippen molar-refractivity contribution < 1.29 is 4.21 Å². The molecule has 1 saturated carbocycles. The minimum absolute atomic E-state index is 0.00596. The van der Waals surface area contributed by atoms with Gasteiger partial charge in [0.1, 0.15) is 4.83 Å². The maximum absolute atomic E-state index is 13.5. The molecular weight excluding hydrogens is 388 g/mol. The van der Waals surface area contributed by atoms with Gasteiger partial charge < -0.3 is 0 Å². The Bertz CT molecular complexity index is 1090. The summed E-state index contributed by atoms with van der Waals surface area (Å²) in [7, 11) is -1.20. The number of benzene rings is 1. The lowest BCUT2D eigenvalue weighted by molar-refractivity contribution is 0.557. The normalized spacial score (nSPS) is 17.0. The van der Waals surface area contributed by atoms with Crippen LogP contribution in [0.5, 0.6) is 0 Å². The Hall–Kier alpha value is -1.76. The van der Waals surface area contributed by atoms with Gasteiger partial charge in [-0.25, -0.2) is 8.93 Å². The van der Waals surface area contributed by atoms with E-state index in [0.717, 1.165) is 40.1 Å². The van der Waals surface area contributed by atoms with Gasteiger partial charge in [-0.05, 0) is 63.6 Å². The number of nitrogens with zero attached hydrogens (tertiary/aromatic N) is 1. The van der Waals surface area contributed by atoms with Crippen LogP contribution >= 0.6 is 11.3 Å². The first kappa shape index (κ1) is 19.6. The van der Waals surface area contributed by atoms with E-state index in [1.807, 2.05) is 63.4 Å². The third-order valence-corrected chi connectivity index (χ3v) is 7.77. The molecule has 2 aromatic heterocycles. The largest absolute Gasteiger partial charge is 0.271 e. The first-order valence-corrected chi connectivity index (χ1v) is 11.7. The van der Waals surface area contributed by atoms with Crippen molar-refractivity contribution >= 4 is 27.2 Å². The number of aryl methyl sites for hydroxylation is 1. The number of pyridine rings is 1. The summed E-state index contributed by atoms with van der Waals surface area (Å²) in [6.45, 7) is 7.88. The summed E-state index contributed by atoms with van der Waals surface area (Å²) in [4.78, 5) is 14.5. The van der Waals surface area contributed by atoms with Crippen LogP contribution in [-0.4, -0.2) is 13.4 Å². The van der Waals surface area contributed by atoms with Gasteiger partial charge in [0.25, 0.3) is 5.56 Å². The standard InChI is InChI=1S/C22H26N2O2S2/c1-14-13-27-18-12-17(20(16-10-11-16)23-28(26)22(2,3)4)19(21(25)24(14)18)15-8-6-5-7-9-15/h5-9,12-13,16,20,23H,10-11H2,1-4H3. The van der Waals surface area contributed by atoms with Crippen molar-refractivity contribution in [3.05, 3.63) is 63.4 Å². The molecule has 1 aromatic carbocycles. The lowest BCUT2D eigenvalue weighted by Crippen LogP contribution is -2.37. The molecule has 4 rings (SSSR count). The Labute approximate surface area is 172 Å². The third kappa shape index (κ3) is 3.61. The molecule has 148 valence electrons. The molecule has 1 N–H and O–H groups in total. The molecule has 6 heteroatoms. The van der Waals surface area contributed by atoms with E-state index in [0.29, 0.717) is 5.92 Å². The highest BCUT2D eigenvalue weighted by Gasteiger charge is 2.37. The first-order chi connectivity index (χ1) is 13.3. The predicted octanol–water partition coefficient (Wildman–Crippen LogP) is 4.84. The molecule has 0 amide bonds. The fourth-order valence-electron chi connectivity index (χ4n) is 3.50. The van der Waals surface area contributed by atoms with Gasteiger partial charge in [-0.1, -0.05) is 30.3 Å². The maximum Gasteiger partial charge on any atom is 0.264 e. The second kappa shape index (κ2) is 7.25. The van der Waals surface area contributed by atoms with E-state index in [1.165, 1.54) is 0 Å². The molecule has 1 aliphatic carbocycles. The Kier molecular flexibility index (Phi) is 5.06. The van der Waals surface area contributed by atoms with Gasteiger partial charge in [0.05, 0.1) is 21.3 Å². The average molecular weight is 415 g/mol. The van der Waals surface area contributed by atoms with Crippen molar-refractivity contribution in [2.45, 2.75) is 51.3 Å². The lowest BCUT2D eigenvalue weighted by atomic mass is 9.94. The van der Waals surface area contributed by atoms with E-state index in [-0.39, 0.29) is 16.3 Å².